The number of amides is 1. The van der Waals surface area contributed by atoms with E-state index in [1.165, 1.54) is 18.2 Å². The molecule has 0 bridgehead atoms. The maximum atomic E-state index is 13.7. The molecule has 5 nitrogen and oxygen atoms in total. The van der Waals surface area contributed by atoms with Crippen LogP contribution in [0, 0.1) is 5.82 Å². The van der Waals surface area contributed by atoms with E-state index in [9.17, 15) is 9.18 Å². The Balaban J connectivity index is 1.87. The Labute approximate surface area is 114 Å². The summed E-state index contributed by atoms with van der Waals surface area (Å²) < 4.78 is 15.6. The van der Waals surface area contributed by atoms with Gasteiger partial charge in [-0.05, 0) is 18.2 Å². The largest absolute Gasteiger partial charge is 0.329 e. The van der Waals surface area contributed by atoms with Crippen molar-refractivity contribution in [1.82, 2.24) is 19.7 Å². The van der Waals surface area contributed by atoms with Crippen LogP contribution in [0.3, 0.4) is 0 Å². The van der Waals surface area contributed by atoms with Crippen molar-refractivity contribution in [2.75, 3.05) is 6.54 Å². The summed E-state index contributed by atoms with van der Waals surface area (Å²) in [5.74, 6) is -0.167. The summed E-state index contributed by atoms with van der Waals surface area (Å²) in [5, 5.41) is 7.72. The van der Waals surface area contributed by atoms with Gasteiger partial charge in [-0.2, -0.15) is 0 Å². The molecule has 1 aromatic carbocycles. The molecule has 0 aliphatic carbocycles. The molecule has 1 aliphatic heterocycles. The Morgan fingerprint density at radius 2 is 2.21 bits per heavy atom. The molecule has 3 rings (SSSR count). The molecule has 7 heteroatoms. The third-order valence-electron chi connectivity index (χ3n) is 3.11. The zero-order valence-corrected chi connectivity index (χ0v) is 10.8. The zero-order chi connectivity index (χ0) is 13.4. The van der Waals surface area contributed by atoms with Crippen molar-refractivity contribution in [3.8, 4) is 0 Å². The standard InChI is InChI=1S/C12H11FN4OS/c13-10-2-1-8(19)5-9(10)12(18)16-3-4-17-7-14-15-11(17)6-16/h1-2,5,7,19H,3-4,6H2. The quantitative estimate of drug-likeness (QED) is 0.801. The Morgan fingerprint density at radius 3 is 3.05 bits per heavy atom. The van der Waals surface area contributed by atoms with Crippen LogP contribution in [-0.2, 0) is 13.1 Å². The van der Waals surface area contributed by atoms with Gasteiger partial charge < -0.3 is 9.47 Å². The van der Waals surface area contributed by atoms with Gasteiger partial charge in [-0.25, -0.2) is 4.39 Å². The fraction of sp³-hybridized carbons (Fsp3) is 0.250. The van der Waals surface area contributed by atoms with Crippen molar-refractivity contribution in [2.24, 2.45) is 0 Å². The van der Waals surface area contributed by atoms with Crippen LogP contribution in [0.2, 0.25) is 0 Å². The molecular weight excluding hydrogens is 267 g/mol. The van der Waals surface area contributed by atoms with Gasteiger partial charge >= 0.3 is 0 Å². The van der Waals surface area contributed by atoms with Gasteiger partial charge in [0.25, 0.3) is 5.91 Å². The smallest absolute Gasteiger partial charge is 0.257 e. The topological polar surface area (TPSA) is 51.0 Å². The number of halogens is 1. The molecule has 98 valence electrons. The number of nitrogens with zero attached hydrogens (tertiary/aromatic N) is 4. The Hall–Kier alpha value is -1.89. The van der Waals surface area contributed by atoms with Gasteiger partial charge in [0.1, 0.15) is 12.1 Å². The summed E-state index contributed by atoms with van der Waals surface area (Å²) in [5.41, 5.74) is 0.0421. The van der Waals surface area contributed by atoms with Gasteiger partial charge in [0.2, 0.25) is 0 Å². The van der Waals surface area contributed by atoms with E-state index in [-0.39, 0.29) is 11.5 Å². The van der Waals surface area contributed by atoms with Crippen LogP contribution in [0.25, 0.3) is 0 Å². The first-order valence-electron chi connectivity index (χ1n) is 5.79. The van der Waals surface area contributed by atoms with Crippen molar-refractivity contribution in [3.05, 3.63) is 41.7 Å². The summed E-state index contributed by atoms with van der Waals surface area (Å²) in [6.45, 7) is 1.48. The van der Waals surface area contributed by atoms with Gasteiger partial charge in [-0.1, -0.05) is 0 Å². The van der Waals surface area contributed by atoms with E-state index in [0.717, 1.165) is 0 Å². The second-order valence-electron chi connectivity index (χ2n) is 4.33. The lowest BCUT2D eigenvalue weighted by Gasteiger charge is -2.27. The second kappa shape index (κ2) is 4.65. The Morgan fingerprint density at radius 1 is 1.37 bits per heavy atom. The average Bonchev–Trinajstić information content (AvgIpc) is 2.88. The van der Waals surface area contributed by atoms with Crippen LogP contribution in [0.15, 0.2) is 29.4 Å². The highest BCUT2D eigenvalue weighted by molar-refractivity contribution is 7.80. The number of carbonyl (C=O) groups excluding carboxylic acids is 1. The third kappa shape index (κ3) is 2.21. The maximum absolute atomic E-state index is 13.7. The van der Waals surface area contributed by atoms with Crippen molar-refractivity contribution >= 4 is 18.5 Å². The number of hydrogen-bond acceptors (Lipinski definition) is 4. The van der Waals surface area contributed by atoms with Crippen molar-refractivity contribution in [1.29, 1.82) is 0 Å². The molecule has 1 aromatic heterocycles. The van der Waals surface area contributed by atoms with E-state index < -0.39 is 5.82 Å². The molecule has 19 heavy (non-hydrogen) atoms. The summed E-state index contributed by atoms with van der Waals surface area (Å²) in [4.78, 5) is 14.4. The minimum atomic E-state index is -0.533. The number of fused-ring (bicyclic) bond motifs is 1. The number of benzene rings is 1. The van der Waals surface area contributed by atoms with Gasteiger partial charge in [-0.3, -0.25) is 4.79 Å². The highest BCUT2D eigenvalue weighted by Gasteiger charge is 2.24. The van der Waals surface area contributed by atoms with Gasteiger partial charge in [0.15, 0.2) is 5.82 Å². The van der Waals surface area contributed by atoms with Crippen molar-refractivity contribution < 1.29 is 9.18 Å². The first-order chi connectivity index (χ1) is 9.15. The lowest BCUT2D eigenvalue weighted by atomic mass is 10.1. The number of carbonyl (C=O) groups is 1. The fourth-order valence-corrected chi connectivity index (χ4v) is 2.29. The highest BCUT2D eigenvalue weighted by Crippen LogP contribution is 2.18. The van der Waals surface area contributed by atoms with Crippen LogP contribution in [0.1, 0.15) is 16.2 Å². The Bertz CT molecular complexity index is 642. The number of thiol groups is 1. The third-order valence-corrected chi connectivity index (χ3v) is 3.38. The van der Waals surface area contributed by atoms with Gasteiger partial charge in [-0.15, -0.1) is 22.8 Å². The highest BCUT2D eigenvalue weighted by atomic mass is 32.1. The molecule has 0 saturated heterocycles. The molecule has 0 fully saturated rings. The second-order valence-corrected chi connectivity index (χ2v) is 4.85. The molecule has 2 aromatic rings. The van der Waals surface area contributed by atoms with Crippen LogP contribution < -0.4 is 0 Å². The molecule has 0 saturated carbocycles. The predicted octanol–water partition coefficient (Wildman–Crippen LogP) is 1.36. The number of rotatable bonds is 1. The predicted molar refractivity (Wildman–Crippen MR) is 68.4 cm³/mol. The summed E-state index contributed by atoms with van der Waals surface area (Å²) in [6, 6.07) is 4.21. The van der Waals surface area contributed by atoms with E-state index in [1.54, 1.807) is 11.2 Å². The van der Waals surface area contributed by atoms with Crippen LogP contribution in [0.4, 0.5) is 4.39 Å². The summed E-state index contributed by atoms with van der Waals surface area (Å²) >= 11 is 4.13. The monoisotopic (exact) mass is 278 g/mol. The number of hydrogen-bond donors (Lipinski definition) is 1. The molecule has 0 spiro atoms. The van der Waals surface area contributed by atoms with E-state index in [2.05, 4.69) is 22.8 Å². The van der Waals surface area contributed by atoms with Crippen molar-refractivity contribution in [2.45, 2.75) is 18.0 Å². The van der Waals surface area contributed by atoms with E-state index >= 15 is 0 Å². The molecule has 0 radical (unpaired) electrons. The van der Waals surface area contributed by atoms with Gasteiger partial charge in [0, 0.05) is 18.0 Å². The first kappa shape index (κ1) is 12.2. The van der Waals surface area contributed by atoms with Crippen molar-refractivity contribution in [3.63, 3.8) is 0 Å². The first-order valence-corrected chi connectivity index (χ1v) is 6.24. The van der Waals surface area contributed by atoms with E-state index in [4.69, 9.17) is 0 Å². The summed E-state index contributed by atoms with van der Waals surface area (Å²) in [6.07, 6.45) is 1.63. The average molecular weight is 278 g/mol. The molecule has 1 aliphatic rings. The fourth-order valence-electron chi connectivity index (χ4n) is 2.09. The SMILES string of the molecule is O=C(c1cc(S)ccc1F)N1CCn2cnnc2C1. The van der Waals surface area contributed by atoms with Gasteiger partial charge in [0.05, 0.1) is 12.1 Å². The minimum absolute atomic E-state index is 0.0421. The normalized spacial score (nSPS) is 14.3. The van der Waals surface area contributed by atoms with E-state index in [0.29, 0.717) is 30.4 Å². The maximum Gasteiger partial charge on any atom is 0.257 e. The zero-order valence-electron chi connectivity index (χ0n) is 9.95. The minimum Gasteiger partial charge on any atom is -0.329 e. The molecule has 0 atom stereocenters. The lowest BCUT2D eigenvalue weighted by Crippen LogP contribution is -2.38. The lowest BCUT2D eigenvalue weighted by molar-refractivity contribution is 0.0702. The molecule has 0 N–H and O–H groups in total. The molecular formula is C12H11FN4OS. The Kier molecular flexibility index (Phi) is 2.98. The van der Waals surface area contributed by atoms with Crippen LogP contribution in [0.5, 0.6) is 0 Å². The summed E-state index contributed by atoms with van der Waals surface area (Å²) in [7, 11) is 0. The van der Waals surface area contributed by atoms with Crippen LogP contribution >= 0.6 is 12.6 Å². The molecule has 1 amide bonds. The molecule has 2 heterocycles. The van der Waals surface area contributed by atoms with E-state index in [1.807, 2.05) is 4.57 Å². The van der Waals surface area contributed by atoms with Crippen LogP contribution in [-0.4, -0.2) is 32.1 Å². The number of aromatic nitrogens is 3. The molecule has 0 unspecified atom stereocenters.